The Bertz CT molecular complexity index is 458. The van der Waals surface area contributed by atoms with Crippen molar-refractivity contribution in [3.8, 4) is 0 Å². The van der Waals surface area contributed by atoms with Crippen molar-refractivity contribution in [2.24, 2.45) is 5.92 Å². The van der Waals surface area contributed by atoms with E-state index in [1.165, 1.54) is 6.92 Å². The van der Waals surface area contributed by atoms with Crippen LogP contribution in [-0.4, -0.2) is 24.0 Å². The highest BCUT2D eigenvalue weighted by atomic mass is 32.1. The van der Waals surface area contributed by atoms with Gasteiger partial charge in [0.2, 0.25) is 5.91 Å². The molecule has 4 heteroatoms. The first-order valence-electron chi connectivity index (χ1n) is 5.64. The Labute approximate surface area is 106 Å². The normalized spacial score (nSPS) is 19.8. The van der Waals surface area contributed by atoms with Gasteiger partial charge in [-0.15, -0.1) is 0 Å². The predicted octanol–water partition coefficient (Wildman–Crippen LogP) is 2.17. The highest BCUT2D eigenvalue weighted by Gasteiger charge is 2.31. The van der Waals surface area contributed by atoms with Crippen molar-refractivity contribution >= 4 is 30.0 Å². The van der Waals surface area contributed by atoms with Crippen LogP contribution in [0.3, 0.4) is 0 Å². The molecule has 1 heterocycles. The molecule has 0 aliphatic carbocycles. The molecule has 90 valence electrons. The van der Waals surface area contributed by atoms with Gasteiger partial charge >= 0.3 is 0 Å². The molecule has 1 saturated heterocycles. The molecule has 3 nitrogen and oxygen atoms in total. The second-order valence-electron chi connectivity index (χ2n) is 4.33. The number of nitrogens with zero attached hydrogens (tertiary/aromatic N) is 1. The molecule has 1 aromatic carbocycles. The molecule has 1 amide bonds. The van der Waals surface area contributed by atoms with Gasteiger partial charge in [-0.1, -0.05) is 12.1 Å². The number of thiol groups is 1. The van der Waals surface area contributed by atoms with Crippen molar-refractivity contribution in [1.29, 1.82) is 0 Å². The first-order valence-corrected chi connectivity index (χ1v) is 6.28. The molecule has 0 spiro atoms. The van der Waals surface area contributed by atoms with Crippen LogP contribution in [0.4, 0.5) is 5.69 Å². The van der Waals surface area contributed by atoms with Crippen LogP contribution < -0.4 is 4.90 Å². The molecule has 0 radical (unpaired) electrons. The summed E-state index contributed by atoms with van der Waals surface area (Å²) in [5.41, 5.74) is 1.34. The van der Waals surface area contributed by atoms with E-state index in [1.807, 2.05) is 18.2 Å². The van der Waals surface area contributed by atoms with E-state index in [2.05, 4.69) is 12.6 Å². The summed E-state index contributed by atoms with van der Waals surface area (Å²) in [5.74, 6) is 1.05. The van der Waals surface area contributed by atoms with Crippen LogP contribution in [0.15, 0.2) is 24.3 Å². The first kappa shape index (κ1) is 12.2. The van der Waals surface area contributed by atoms with E-state index in [0.29, 0.717) is 24.3 Å². The monoisotopic (exact) mass is 249 g/mol. The summed E-state index contributed by atoms with van der Waals surface area (Å²) in [5, 5.41) is 0. The number of Topliss-reactive ketones (excluding diaryl/α,β-unsaturated/α-hetero) is 1. The SMILES string of the molecule is CC(=O)c1ccccc1N1CC(CS)CC1=O. The van der Waals surface area contributed by atoms with Crippen molar-refractivity contribution < 1.29 is 9.59 Å². The fraction of sp³-hybridized carbons (Fsp3) is 0.385. The molecule has 0 saturated carbocycles. The lowest BCUT2D eigenvalue weighted by molar-refractivity contribution is -0.117. The molecule has 1 unspecified atom stereocenters. The maximum atomic E-state index is 11.9. The summed E-state index contributed by atoms with van der Waals surface area (Å²) < 4.78 is 0. The Balaban J connectivity index is 2.35. The number of rotatable bonds is 3. The van der Waals surface area contributed by atoms with Crippen molar-refractivity contribution in [3.05, 3.63) is 29.8 Å². The highest BCUT2D eigenvalue weighted by molar-refractivity contribution is 7.80. The third kappa shape index (κ3) is 2.36. The molecule has 0 aromatic heterocycles. The fourth-order valence-electron chi connectivity index (χ4n) is 2.14. The lowest BCUT2D eigenvalue weighted by Crippen LogP contribution is -2.26. The molecule has 0 bridgehead atoms. The zero-order valence-corrected chi connectivity index (χ0v) is 10.6. The van der Waals surface area contributed by atoms with Crippen LogP contribution in [0.2, 0.25) is 0 Å². The van der Waals surface area contributed by atoms with Gasteiger partial charge in [-0.05, 0) is 30.7 Å². The van der Waals surface area contributed by atoms with Gasteiger partial charge in [-0.25, -0.2) is 0 Å². The maximum absolute atomic E-state index is 11.9. The van der Waals surface area contributed by atoms with E-state index in [-0.39, 0.29) is 17.6 Å². The summed E-state index contributed by atoms with van der Waals surface area (Å²) in [6.45, 7) is 2.18. The van der Waals surface area contributed by atoms with Crippen molar-refractivity contribution in [2.75, 3.05) is 17.2 Å². The molecule has 1 aliphatic rings. The lowest BCUT2D eigenvalue weighted by atomic mass is 10.1. The minimum atomic E-state index is -0.0114. The molecule has 2 rings (SSSR count). The highest BCUT2D eigenvalue weighted by Crippen LogP contribution is 2.28. The van der Waals surface area contributed by atoms with E-state index in [1.54, 1.807) is 11.0 Å². The summed E-state index contributed by atoms with van der Waals surface area (Å²) in [6.07, 6.45) is 0.524. The zero-order valence-electron chi connectivity index (χ0n) is 9.72. The van der Waals surface area contributed by atoms with E-state index >= 15 is 0 Å². The minimum absolute atomic E-state index is 0.0114. The number of benzene rings is 1. The number of anilines is 1. The Morgan fingerprint density at radius 2 is 2.18 bits per heavy atom. The molecule has 0 N–H and O–H groups in total. The average Bonchev–Trinajstić information content (AvgIpc) is 2.70. The lowest BCUT2D eigenvalue weighted by Gasteiger charge is -2.19. The number of para-hydroxylation sites is 1. The summed E-state index contributed by atoms with van der Waals surface area (Å²) in [4.78, 5) is 25.1. The Hall–Kier alpha value is -1.29. The van der Waals surface area contributed by atoms with Gasteiger partial charge in [-0.2, -0.15) is 12.6 Å². The van der Waals surface area contributed by atoms with Gasteiger partial charge in [0, 0.05) is 18.5 Å². The number of carbonyl (C=O) groups is 2. The Kier molecular flexibility index (Phi) is 3.52. The molecular weight excluding hydrogens is 234 g/mol. The van der Waals surface area contributed by atoms with Crippen molar-refractivity contribution in [3.63, 3.8) is 0 Å². The zero-order chi connectivity index (χ0) is 12.4. The van der Waals surface area contributed by atoms with E-state index in [4.69, 9.17) is 0 Å². The topological polar surface area (TPSA) is 37.4 Å². The standard InChI is InChI=1S/C13H15NO2S/c1-9(15)11-4-2-3-5-12(11)14-7-10(8-17)6-13(14)16/h2-5,10,17H,6-8H2,1H3. The second-order valence-corrected chi connectivity index (χ2v) is 4.70. The second kappa shape index (κ2) is 4.92. The quantitative estimate of drug-likeness (QED) is 0.658. The Morgan fingerprint density at radius 1 is 1.47 bits per heavy atom. The number of amides is 1. The molecule has 1 atom stereocenters. The van der Waals surface area contributed by atoms with Crippen molar-refractivity contribution in [2.45, 2.75) is 13.3 Å². The summed E-state index contributed by atoms with van der Waals surface area (Å²) in [6, 6.07) is 7.26. The van der Waals surface area contributed by atoms with E-state index in [9.17, 15) is 9.59 Å². The largest absolute Gasteiger partial charge is 0.311 e. The van der Waals surface area contributed by atoms with Crippen LogP contribution in [0.25, 0.3) is 0 Å². The smallest absolute Gasteiger partial charge is 0.227 e. The van der Waals surface area contributed by atoms with Crippen LogP contribution in [0.5, 0.6) is 0 Å². The minimum Gasteiger partial charge on any atom is -0.311 e. The molecule has 1 aromatic rings. The Morgan fingerprint density at radius 3 is 2.76 bits per heavy atom. The van der Waals surface area contributed by atoms with Gasteiger partial charge in [0.25, 0.3) is 0 Å². The predicted molar refractivity (Wildman–Crippen MR) is 70.8 cm³/mol. The first-order chi connectivity index (χ1) is 8.13. The van der Waals surface area contributed by atoms with Crippen LogP contribution >= 0.6 is 12.6 Å². The number of carbonyl (C=O) groups excluding carboxylic acids is 2. The van der Waals surface area contributed by atoms with Gasteiger partial charge in [0.15, 0.2) is 5.78 Å². The molecular formula is C13H15NO2S. The molecule has 1 aliphatic heterocycles. The maximum Gasteiger partial charge on any atom is 0.227 e. The third-order valence-electron chi connectivity index (χ3n) is 3.04. The van der Waals surface area contributed by atoms with Crippen LogP contribution in [-0.2, 0) is 4.79 Å². The molecule has 17 heavy (non-hydrogen) atoms. The van der Waals surface area contributed by atoms with Crippen molar-refractivity contribution in [1.82, 2.24) is 0 Å². The van der Waals surface area contributed by atoms with Crippen LogP contribution in [0.1, 0.15) is 23.7 Å². The van der Waals surface area contributed by atoms with Gasteiger partial charge < -0.3 is 4.90 Å². The summed E-state index contributed by atoms with van der Waals surface area (Å²) in [7, 11) is 0. The van der Waals surface area contributed by atoms with Crippen LogP contribution in [0, 0.1) is 5.92 Å². The summed E-state index contributed by atoms with van der Waals surface area (Å²) >= 11 is 4.23. The van der Waals surface area contributed by atoms with Gasteiger partial charge in [-0.3, -0.25) is 9.59 Å². The molecule has 1 fully saturated rings. The number of ketones is 1. The number of hydrogen-bond donors (Lipinski definition) is 1. The van der Waals surface area contributed by atoms with E-state index < -0.39 is 0 Å². The fourth-order valence-corrected chi connectivity index (χ4v) is 2.39. The third-order valence-corrected chi connectivity index (χ3v) is 3.55. The number of hydrogen-bond acceptors (Lipinski definition) is 3. The van der Waals surface area contributed by atoms with E-state index in [0.717, 1.165) is 5.69 Å². The average molecular weight is 249 g/mol. The van der Waals surface area contributed by atoms with Gasteiger partial charge in [0.05, 0.1) is 5.69 Å². The van der Waals surface area contributed by atoms with Gasteiger partial charge in [0.1, 0.15) is 0 Å².